The summed E-state index contributed by atoms with van der Waals surface area (Å²) < 4.78 is 0.776. The Kier molecular flexibility index (Phi) is 2.91. The van der Waals surface area contributed by atoms with Crippen molar-refractivity contribution in [1.82, 2.24) is 4.48 Å². The number of rotatable bonds is 2. The van der Waals surface area contributed by atoms with Crippen molar-refractivity contribution in [2.45, 2.75) is 6.42 Å². The van der Waals surface area contributed by atoms with Crippen molar-refractivity contribution in [2.75, 3.05) is 14.1 Å². The highest BCUT2D eigenvalue weighted by Gasteiger charge is 2.30. The van der Waals surface area contributed by atoms with E-state index in [0.717, 1.165) is 10.9 Å². The van der Waals surface area contributed by atoms with Crippen LogP contribution in [0, 0.1) is 0 Å². The molecule has 0 radical (unpaired) electrons. The highest BCUT2D eigenvalue weighted by atomic mass is 15.3. The first-order chi connectivity index (χ1) is 10.7. The number of nitrogens with zero attached hydrogens (tertiary/aromatic N) is 1. The molecule has 1 aliphatic carbocycles. The van der Waals surface area contributed by atoms with Crippen molar-refractivity contribution in [3.8, 4) is 11.1 Å². The molecule has 3 aromatic carbocycles. The van der Waals surface area contributed by atoms with E-state index in [1.165, 1.54) is 33.6 Å². The molecule has 0 N–H and O–H groups in total. The maximum Gasteiger partial charge on any atom is 0.141 e. The van der Waals surface area contributed by atoms with E-state index in [9.17, 15) is 0 Å². The zero-order valence-electron chi connectivity index (χ0n) is 13.1. The third-order valence-corrected chi connectivity index (χ3v) is 4.83. The summed E-state index contributed by atoms with van der Waals surface area (Å²) in [6, 6.07) is 26.2. The van der Waals surface area contributed by atoms with Crippen LogP contribution in [0.5, 0.6) is 0 Å². The van der Waals surface area contributed by atoms with Gasteiger partial charge in [0.1, 0.15) is 11.4 Å². The fraction of sp³-hybridized carbons (Fsp3) is 0.143. The summed E-state index contributed by atoms with van der Waals surface area (Å²) in [5.41, 5.74) is 8.41. The Bertz CT molecular complexity index is 832. The van der Waals surface area contributed by atoms with Crippen LogP contribution in [0.25, 0.3) is 11.1 Å². The van der Waals surface area contributed by atoms with Gasteiger partial charge in [0.2, 0.25) is 0 Å². The van der Waals surface area contributed by atoms with Crippen molar-refractivity contribution in [2.24, 2.45) is 0 Å². The second-order valence-electron chi connectivity index (χ2n) is 6.43. The molecule has 0 saturated heterocycles. The zero-order valence-corrected chi connectivity index (χ0v) is 13.1. The van der Waals surface area contributed by atoms with Crippen molar-refractivity contribution in [1.29, 1.82) is 0 Å². The van der Waals surface area contributed by atoms with Gasteiger partial charge >= 0.3 is 0 Å². The summed E-state index contributed by atoms with van der Waals surface area (Å²) >= 11 is 0. The van der Waals surface area contributed by atoms with Crippen LogP contribution in [0.4, 0.5) is 11.4 Å². The van der Waals surface area contributed by atoms with Crippen LogP contribution in [-0.2, 0) is 6.42 Å². The van der Waals surface area contributed by atoms with E-state index < -0.39 is 0 Å². The van der Waals surface area contributed by atoms with Gasteiger partial charge in [0.25, 0.3) is 0 Å². The standard InChI is InChI=1S/C21H20N/c1-22(2,17-10-4-3-5-11-17)21-14-8-13-19-18-12-7-6-9-16(18)15-20(19)21/h3-14H,15H2,1-2H3/q+1. The van der Waals surface area contributed by atoms with Gasteiger partial charge < -0.3 is 0 Å². The highest BCUT2D eigenvalue weighted by molar-refractivity contribution is 5.82. The number of quaternary nitrogens is 1. The molecule has 0 amide bonds. The molecule has 22 heavy (non-hydrogen) atoms. The summed E-state index contributed by atoms with van der Waals surface area (Å²) in [4.78, 5) is 0. The van der Waals surface area contributed by atoms with E-state index in [-0.39, 0.29) is 0 Å². The minimum Gasteiger partial charge on any atom is -0.263 e. The van der Waals surface area contributed by atoms with Gasteiger partial charge in [0.05, 0.1) is 14.1 Å². The molecular formula is C21H20N+. The molecule has 1 heteroatoms. The SMILES string of the molecule is C[N+](C)(c1ccccc1)c1cccc2c1Cc1ccccc1-2. The van der Waals surface area contributed by atoms with Crippen LogP contribution in [0.15, 0.2) is 72.8 Å². The first-order valence-corrected chi connectivity index (χ1v) is 7.78. The van der Waals surface area contributed by atoms with Crippen LogP contribution in [0.2, 0.25) is 0 Å². The first kappa shape index (κ1) is 13.3. The Balaban J connectivity index is 1.89. The monoisotopic (exact) mass is 286 g/mol. The van der Waals surface area contributed by atoms with Gasteiger partial charge in [-0.3, -0.25) is 4.48 Å². The minimum atomic E-state index is 0.776. The molecule has 0 heterocycles. The summed E-state index contributed by atoms with van der Waals surface area (Å²) in [6.45, 7) is 0. The molecule has 4 rings (SSSR count). The zero-order chi connectivity index (χ0) is 15.2. The number of hydrogen-bond acceptors (Lipinski definition) is 0. The summed E-state index contributed by atoms with van der Waals surface area (Å²) in [7, 11) is 4.54. The van der Waals surface area contributed by atoms with Gasteiger partial charge in [-0.2, -0.15) is 0 Å². The van der Waals surface area contributed by atoms with Crippen LogP contribution in [-0.4, -0.2) is 14.1 Å². The van der Waals surface area contributed by atoms with Gasteiger partial charge in [0, 0.05) is 12.0 Å². The van der Waals surface area contributed by atoms with Crippen LogP contribution >= 0.6 is 0 Å². The summed E-state index contributed by atoms with van der Waals surface area (Å²) in [5, 5.41) is 0. The second kappa shape index (κ2) is 4.82. The second-order valence-corrected chi connectivity index (χ2v) is 6.43. The molecule has 0 bridgehead atoms. The lowest BCUT2D eigenvalue weighted by Gasteiger charge is -2.30. The van der Waals surface area contributed by atoms with E-state index in [0.29, 0.717) is 0 Å². The fourth-order valence-electron chi connectivity index (χ4n) is 3.60. The van der Waals surface area contributed by atoms with Crippen molar-refractivity contribution in [3.63, 3.8) is 0 Å². The van der Waals surface area contributed by atoms with Crippen LogP contribution in [0.1, 0.15) is 11.1 Å². The molecular weight excluding hydrogens is 266 g/mol. The fourth-order valence-corrected chi connectivity index (χ4v) is 3.60. The number of para-hydroxylation sites is 1. The maximum atomic E-state index is 2.28. The Morgan fingerprint density at radius 1 is 0.682 bits per heavy atom. The van der Waals surface area contributed by atoms with Gasteiger partial charge in [-0.1, -0.05) is 54.6 Å². The van der Waals surface area contributed by atoms with Gasteiger partial charge in [-0.25, -0.2) is 0 Å². The number of hydrogen-bond donors (Lipinski definition) is 0. The van der Waals surface area contributed by atoms with E-state index >= 15 is 0 Å². The van der Waals surface area contributed by atoms with Crippen LogP contribution < -0.4 is 4.48 Å². The smallest absolute Gasteiger partial charge is 0.141 e. The normalized spacial score (nSPS) is 12.8. The van der Waals surface area contributed by atoms with E-state index in [2.05, 4.69) is 86.9 Å². The molecule has 0 aromatic heterocycles. The third-order valence-electron chi connectivity index (χ3n) is 4.83. The first-order valence-electron chi connectivity index (χ1n) is 7.78. The molecule has 108 valence electrons. The lowest BCUT2D eigenvalue weighted by Crippen LogP contribution is -2.35. The van der Waals surface area contributed by atoms with E-state index in [4.69, 9.17) is 0 Å². The minimum absolute atomic E-state index is 0.776. The van der Waals surface area contributed by atoms with Crippen molar-refractivity contribution < 1.29 is 0 Å². The third kappa shape index (κ3) is 1.90. The topological polar surface area (TPSA) is 0 Å². The lowest BCUT2D eigenvalue weighted by molar-refractivity contribution is 0.551. The Hall–Kier alpha value is -2.38. The Morgan fingerprint density at radius 3 is 2.18 bits per heavy atom. The molecule has 1 nitrogen and oxygen atoms in total. The molecule has 1 aliphatic rings. The van der Waals surface area contributed by atoms with E-state index in [1.807, 2.05) is 0 Å². The summed E-state index contributed by atoms with van der Waals surface area (Å²) in [6.07, 6.45) is 1.04. The molecule has 0 spiro atoms. The van der Waals surface area contributed by atoms with Gasteiger partial charge in [0.15, 0.2) is 0 Å². The van der Waals surface area contributed by atoms with E-state index in [1.54, 1.807) is 0 Å². The highest BCUT2D eigenvalue weighted by Crippen LogP contribution is 2.44. The molecule has 0 atom stereocenters. The largest absolute Gasteiger partial charge is 0.263 e. The van der Waals surface area contributed by atoms with Gasteiger partial charge in [-0.05, 0) is 34.9 Å². The van der Waals surface area contributed by atoms with Crippen LogP contribution in [0.3, 0.4) is 0 Å². The average molecular weight is 286 g/mol. The predicted octanol–water partition coefficient (Wildman–Crippen LogP) is 5.16. The van der Waals surface area contributed by atoms with Crippen molar-refractivity contribution in [3.05, 3.63) is 83.9 Å². The van der Waals surface area contributed by atoms with Gasteiger partial charge in [-0.15, -0.1) is 0 Å². The number of fused-ring (bicyclic) bond motifs is 3. The molecule has 0 unspecified atom stereocenters. The predicted molar refractivity (Wildman–Crippen MR) is 94.4 cm³/mol. The summed E-state index contributed by atoms with van der Waals surface area (Å²) in [5.74, 6) is 0. The molecule has 0 aliphatic heterocycles. The molecule has 0 fully saturated rings. The Morgan fingerprint density at radius 2 is 1.36 bits per heavy atom. The average Bonchev–Trinajstić information content (AvgIpc) is 2.94. The Labute approximate surface area is 132 Å². The quantitative estimate of drug-likeness (QED) is 0.447. The number of benzene rings is 3. The van der Waals surface area contributed by atoms with Crippen molar-refractivity contribution >= 4 is 11.4 Å². The lowest BCUT2D eigenvalue weighted by atomic mass is 10.0. The maximum absolute atomic E-state index is 2.28. The molecule has 0 saturated carbocycles. The molecule has 3 aromatic rings.